The van der Waals surface area contributed by atoms with Gasteiger partial charge in [-0.25, -0.2) is 9.37 Å². The van der Waals surface area contributed by atoms with Gasteiger partial charge in [0.15, 0.2) is 10.9 Å². The molecule has 0 spiro atoms. The van der Waals surface area contributed by atoms with Crippen LogP contribution >= 0.6 is 11.3 Å². The van der Waals surface area contributed by atoms with Crippen molar-refractivity contribution in [2.24, 2.45) is 0 Å². The summed E-state index contributed by atoms with van der Waals surface area (Å²) in [5, 5.41) is 0.390. The Labute approximate surface area is 150 Å². The minimum atomic E-state index is -0.328. The standard InChI is InChI=1S/C19H20FN3OS/c1-12(23-6-8-24-9-7-23)13-2-4-14(5-3-13)15-10-16(20)18-17(11-15)25-19(21)22-18/h2-5,10-12H,6-9H2,1H3,(H2,21,22). The number of morpholine rings is 1. The lowest BCUT2D eigenvalue weighted by Crippen LogP contribution is -2.37. The van der Waals surface area contributed by atoms with Crippen LogP contribution in [0, 0.1) is 5.82 Å². The summed E-state index contributed by atoms with van der Waals surface area (Å²) in [6.07, 6.45) is 0. The zero-order valence-electron chi connectivity index (χ0n) is 14.0. The van der Waals surface area contributed by atoms with Crippen molar-refractivity contribution in [3.05, 3.63) is 47.8 Å². The Morgan fingerprint density at radius 1 is 1.16 bits per heavy atom. The van der Waals surface area contributed by atoms with Crippen LogP contribution in [-0.4, -0.2) is 36.2 Å². The Bertz CT molecular complexity index is 888. The molecule has 4 rings (SSSR count). The third-order valence-electron chi connectivity index (χ3n) is 4.78. The second kappa shape index (κ2) is 6.71. The minimum Gasteiger partial charge on any atom is -0.379 e. The lowest BCUT2D eigenvalue weighted by molar-refractivity contribution is 0.0198. The van der Waals surface area contributed by atoms with E-state index < -0.39 is 0 Å². The van der Waals surface area contributed by atoms with Crippen molar-refractivity contribution in [1.82, 2.24) is 9.88 Å². The van der Waals surface area contributed by atoms with Crippen molar-refractivity contribution in [3.63, 3.8) is 0 Å². The molecule has 1 atom stereocenters. The van der Waals surface area contributed by atoms with E-state index in [0.29, 0.717) is 16.7 Å². The molecule has 1 aromatic heterocycles. The molecule has 25 heavy (non-hydrogen) atoms. The highest BCUT2D eigenvalue weighted by Crippen LogP contribution is 2.32. The van der Waals surface area contributed by atoms with Crippen molar-refractivity contribution < 1.29 is 9.13 Å². The smallest absolute Gasteiger partial charge is 0.181 e. The molecule has 6 heteroatoms. The molecule has 1 unspecified atom stereocenters. The Morgan fingerprint density at radius 3 is 2.60 bits per heavy atom. The number of anilines is 1. The molecule has 1 saturated heterocycles. The SMILES string of the molecule is CC(c1ccc(-c2cc(F)c3nc(N)sc3c2)cc1)N1CCOCC1. The number of benzene rings is 2. The van der Waals surface area contributed by atoms with E-state index in [1.165, 1.54) is 23.0 Å². The predicted molar refractivity (Wildman–Crippen MR) is 100 cm³/mol. The van der Waals surface area contributed by atoms with Gasteiger partial charge in [0.2, 0.25) is 0 Å². The van der Waals surface area contributed by atoms with E-state index in [0.717, 1.165) is 42.1 Å². The molecule has 0 amide bonds. The van der Waals surface area contributed by atoms with Gasteiger partial charge in [-0.15, -0.1) is 0 Å². The molecule has 3 aromatic rings. The van der Waals surface area contributed by atoms with Crippen LogP contribution in [0.15, 0.2) is 36.4 Å². The molecule has 130 valence electrons. The summed E-state index contributed by atoms with van der Waals surface area (Å²) in [4.78, 5) is 6.46. The zero-order chi connectivity index (χ0) is 17.4. The first-order valence-corrected chi connectivity index (χ1v) is 9.21. The third-order valence-corrected chi connectivity index (χ3v) is 5.62. The summed E-state index contributed by atoms with van der Waals surface area (Å²) < 4.78 is 20.5. The zero-order valence-corrected chi connectivity index (χ0v) is 14.9. The lowest BCUT2D eigenvalue weighted by atomic mass is 10.0. The first-order valence-electron chi connectivity index (χ1n) is 8.39. The number of nitrogen functional groups attached to an aromatic ring is 1. The van der Waals surface area contributed by atoms with Crippen LogP contribution in [0.5, 0.6) is 0 Å². The molecule has 0 radical (unpaired) electrons. The molecule has 4 nitrogen and oxygen atoms in total. The second-order valence-electron chi connectivity index (χ2n) is 6.30. The van der Waals surface area contributed by atoms with Gasteiger partial charge < -0.3 is 10.5 Å². The van der Waals surface area contributed by atoms with E-state index >= 15 is 0 Å². The number of ether oxygens (including phenoxy) is 1. The average molecular weight is 357 g/mol. The van der Waals surface area contributed by atoms with Crippen LogP contribution in [0.1, 0.15) is 18.5 Å². The van der Waals surface area contributed by atoms with E-state index in [2.05, 4.69) is 41.1 Å². The number of aromatic nitrogens is 1. The Kier molecular flexibility index (Phi) is 4.41. The van der Waals surface area contributed by atoms with Crippen LogP contribution in [-0.2, 0) is 4.74 Å². The van der Waals surface area contributed by atoms with Gasteiger partial charge in [0, 0.05) is 19.1 Å². The number of halogens is 1. The maximum Gasteiger partial charge on any atom is 0.181 e. The summed E-state index contributed by atoms with van der Waals surface area (Å²) in [6.45, 7) is 5.71. The monoisotopic (exact) mass is 357 g/mol. The van der Waals surface area contributed by atoms with Crippen LogP contribution in [0.4, 0.5) is 9.52 Å². The fourth-order valence-corrected chi connectivity index (χ4v) is 4.09. The average Bonchev–Trinajstić information content (AvgIpc) is 3.03. The number of hydrogen-bond donors (Lipinski definition) is 1. The fraction of sp³-hybridized carbons (Fsp3) is 0.316. The van der Waals surface area contributed by atoms with Crippen molar-refractivity contribution in [2.45, 2.75) is 13.0 Å². The summed E-state index contributed by atoms with van der Waals surface area (Å²) in [5.41, 5.74) is 9.15. The molecule has 2 N–H and O–H groups in total. The Hall–Kier alpha value is -2.02. The number of thiazole rings is 1. The van der Waals surface area contributed by atoms with Crippen molar-refractivity contribution in [1.29, 1.82) is 0 Å². The molecule has 0 bridgehead atoms. The summed E-state index contributed by atoms with van der Waals surface area (Å²) in [5.74, 6) is -0.328. The number of rotatable bonds is 3. The summed E-state index contributed by atoms with van der Waals surface area (Å²) in [7, 11) is 0. The predicted octanol–water partition coefficient (Wildman–Crippen LogP) is 4.08. The van der Waals surface area contributed by atoms with E-state index in [9.17, 15) is 4.39 Å². The van der Waals surface area contributed by atoms with Gasteiger partial charge in [-0.3, -0.25) is 4.90 Å². The maximum atomic E-state index is 14.3. The molecule has 1 fully saturated rings. The third kappa shape index (κ3) is 3.25. The molecule has 0 aliphatic carbocycles. The summed E-state index contributed by atoms with van der Waals surface area (Å²) >= 11 is 1.31. The van der Waals surface area contributed by atoms with Gasteiger partial charge in [-0.1, -0.05) is 35.6 Å². The van der Waals surface area contributed by atoms with E-state index in [-0.39, 0.29) is 5.82 Å². The lowest BCUT2D eigenvalue weighted by Gasteiger charge is -2.32. The minimum absolute atomic E-state index is 0.328. The highest BCUT2D eigenvalue weighted by atomic mass is 32.1. The van der Waals surface area contributed by atoms with Gasteiger partial charge in [0.25, 0.3) is 0 Å². The van der Waals surface area contributed by atoms with Gasteiger partial charge in [-0.05, 0) is 35.7 Å². The highest BCUT2D eigenvalue weighted by molar-refractivity contribution is 7.22. The molecule has 0 saturated carbocycles. The topological polar surface area (TPSA) is 51.4 Å². The number of hydrogen-bond acceptors (Lipinski definition) is 5. The van der Waals surface area contributed by atoms with Crippen LogP contribution in [0.3, 0.4) is 0 Å². The number of nitrogens with zero attached hydrogens (tertiary/aromatic N) is 2. The van der Waals surface area contributed by atoms with Gasteiger partial charge in [-0.2, -0.15) is 0 Å². The molecular formula is C19H20FN3OS. The van der Waals surface area contributed by atoms with Gasteiger partial charge in [0.05, 0.1) is 17.9 Å². The Morgan fingerprint density at radius 2 is 1.88 bits per heavy atom. The van der Waals surface area contributed by atoms with Gasteiger partial charge in [0.1, 0.15) is 5.52 Å². The van der Waals surface area contributed by atoms with Crippen LogP contribution < -0.4 is 5.73 Å². The highest BCUT2D eigenvalue weighted by Gasteiger charge is 2.18. The fourth-order valence-electron chi connectivity index (χ4n) is 3.30. The first kappa shape index (κ1) is 16.4. The van der Waals surface area contributed by atoms with Crippen molar-refractivity contribution in [2.75, 3.05) is 32.0 Å². The summed E-state index contributed by atoms with van der Waals surface area (Å²) in [6, 6.07) is 12.2. The molecule has 2 heterocycles. The molecule has 1 aliphatic heterocycles. The largest absolute Gasteiger partial charge is 0.379 e. The van der Waals surface area contributed by atoms with Crippen LogP contribution in [0.2, 0.25) is 0 Å². The van der Waals surface area contributed by atoms with E-state index in [1.54, 1.807) is 0 Å². The molecule has 1 aliphatic rings. The molecular weight excluding hydrogens is 337 g/mol. The quantitative estimate of drug-likeness (QED) is 0.767. The van der Waals surface area contributed by atoms with Crippen LogP contribution in [0.25, 0.3) is 21.3 Å². The first-order chi connectivity index (χ1) is 12.1. The Balaban J connectivity index is 1.61. The second-order valence-corrected chi connectivity index (χ2v) is 7.37. The normalized spacial score (nSPS) is 17.0. The van der Waals surface area contributed by atoms with E-state index in [4.69, 9.17) is 10.5 Å². The van der Waals surface area contributed by atoms with Crippen molar-refractivity contribution >= 4 is 26.7 Å². The number of nitrogens with two attached hydrogens (primary N) is 1. The van der Waals surface area contributed by atoms with Gasteiger partial charge >= 0.3 is 0 Å². The van der Waals surface area contributed by atoms with Crippen molar-refractivity contribution in [3.8, 4) is 11.1 Å². The number of fused-ring (bicyclic) bond motifs is 1. The van der Waals surface area contributed by atoms with E-state index in [1.807, 2.05) is 6.07 Å². The molecule has 2 aromatic carbocycles. The maximum absolute atomic E-state index is 14.3.